The van der Waals surface area contributed by atoms with Crippen LogP contribution in [0.3, 0.4) is 0 Å². The van der Waals surface area contributed by atoms with Crippen molar-refractivity contribution in [3.63, 3.8) is 0 Å². The molecule has 0 aromatic heterocycles. The number of halogens is 3. The van der Waals surface area contributed by atoms with Crippen LogP contribution < -0.4 is 0 Å². The molecular weight excluding hydrogens is 199 g/mol. The summed E-state index contributed by atoms with van der Waals surface area (Å²) in [4.78, 5) is 8.30. The zero-order chi connectivity index (χ0) is 10.8. The molecule has 0 spiro atoms. The van der Waals surface area contributed by atoms with Gasteiger partial charge in [0.05, 0.1) is 12.3 Å². The Balaban J connectivity index is 2.50. The fraction of sp³-hybridized carbons (Fsp3) is 0.750. The monoisotopic (exact) mass is 211 g/mol. The lowest BCUT2D eigenvalue weighted by atomic mass is 10.1. The van der Waals surface area contributed by atoms with Crippen molar-refractivity contribution in [3.8, 4) is 0 Å². The number of hydrogen-bond acceptors (Lipinski definition) is 3. The third kappa shape index (κ3) is 3.55. The first kappa shape index (κ1) is 11.3. The van der Waals surface area contributed by atoms with E-state index in [9.17, 15) is 13.2 Å². The van der Waals surface area contributed by atoms with Gasteiger partial charge in [0.1, 0.15) is 0 Å². The van der Waals surface area contributed by atoms with Crippen LogP contribution in [0, 0.1) is 5.92 Å². The maximum atomic E-state index is 11.8. The van der Waals surface area contributed by atoms with Gasteiger partial charge in [-0.2, -0.15) is 0 Å². The van der Waals surface area contributed by atoms with Gasteiger partial charge >= 0.3 is 6.36 Å². The fourth-order valence-electron chi connectivity index (χ4n) is 1.11. The molecule has 3 nitrogen and oxygen atoms in total. The van der Waals surface area contributed by atoms with Gasteiger partial charge < -0.3 is 0 Å². The summed E-state index contributed by atoms with van der Waals surface area (Å²) < 4.78 is 35.5. The van der Waals surface area contributed by atoms with Crippen LogP contribution in [0.2, 0.25) is 0 Å². The van der Waals surface area contributed by atoms with Gasteiger partial charge in [-0.1, -0.05) is 13.8 Å². The maximum absolute atomic E-state index is 11.8. The van der Waals surface area contributed by atoms with E-state index in [0.717, 1.165) is 0 Å². The van der Waals surface area contributed by atoms with E-state index in [1.54, 1.807) is 6.08 Å². The molecule has 82 valence electrons. The molecule has 0 fully saturated rings. The first-order chi connectivity index (χ1) is 6.38. The summed E-state index contributed by atoms with van der Waals surface area (Å²) in [6.45, 7) is 3.94. The second-order valence-electron chi connectivity index (χ2n) is 3.38. The average Bonchev–Trinajstić information content (AvgIpc) is 2.32. The van der Waals surface area contributed by atoms with Crippen LogP contribution in [0.5, 0.6) is 0 Å². The Bertz CT molecular complexity index is 225. The SMILES string of the molecule is CC(C)CC1=CCON1OC(F)(F)F. The lowest BCUT2D eigenvalue weighted by Gasteiger charge is -2.21. The van der Waals surface area contributed by atoms with E-state index in [1.165, 1.54) is 0 Å². The van der Waals surface area contributed by atoms with Crippen molar-refractivity contribution in [1.82, 2.24) is 5.23 Å². The van der Waals surface area contributed by atoms with Crippen molar-refractivity contribution in [2.45, 2.75) is 26.6 Å². The van der Waals surface area contributed by atoms with Crippen molar-refractivity contribution in [2.24, 2.45) is 5.92 Å². The summed E-state index contributed by atoms with van der Waals surface area (Å²) in [6.07, 6.45) is -2.64. The first-order valence-electron chi connectivity index (χ1n) is 4.26. The largest absolute Gasteiger partial charge is 0.545 e. The van der Waals surface area contributed by atoms with Crippen LogP contribution in [-0.2, 0) is 9.68 Å². The number of rotatable bonds is 3. The van der Waals surface area contributed by atoms with Crippen LogP contribution in [0.25, 0.3) is 0 Å². The molecule has 1 aliphatic heterocycles. The van der Waals surface area contributed by atoms with Crippen molar-refractivity contribution < 1.29 is 22.8 Å². The third-order valence-corrected chi connectivity index (χ3v) is 1.55. The van der Waals surface area contributed by atoms with Gasteiger partial charge in [0, 0.05) is 0 Å². The van der Waals surface area contributed by atoms with Crippen molar-refractivity contribution in [2.75, 3.05) is 6.61 Å². The van der Waals surface area contributed by atoms with Gasteiger partial charge in [0.2, 0.25) is 0 Å². The Morgan fingerprint density at radius 1 is 1.57 bits per heavy atom. The molecule has 0 N–H and O–H groups in total. The molecule has 0 aromatic rings. The van der Waals surface area contributed by atoms with Gasteiger partial charge in [-0.25, -0.2) is 4.84 Å². The Morgan fingerprint density at radius 3 is 2.71 bits per heavy atom. The van der Waals surface area contributed by atoms with Crippen molar-refractivity contribution in [3.05, 3.63) is 11.8 Å². The molecule has 0 radical (unpaired) electrons. The van der Waals surface area contributed by atoms with E-state index in [-0.39, 0.29) is 12.5 Å². The molecule has 0 bridgehead atoms. The second kappa shape index (κ2) is 4.18. The third-order valence-electron chi connectivity index (χ3n) is 1.55. The maximum Gasteiger partial charge on any atom is 0.545 e. The number of nitrogens with zero attached hydrogens (tertiary/aromatic N) is 1. The smallest absolute Gasteiger partial charge is 0.244 e. The summed E-state index contributed by atoms with van der Waals surface area (Å²) in [6, 6.07) is 0. The molecule has 0 amide bonds. The lowest BCUT2D eigenvalue weighted by molar-refractivity contribution is -0.477. The standard InChI is InChI=1S/C8H12F3NO2/c1-6(2)5-7-3-4-13-12(7)14-8(9,10)11/h3,6H,4-5H2,1-2H3. The summed E-state index contributed by atoms with van der Waals surface area (Å²) in [5.41, 5.74) is 0.414. The minimum atomic E-state index is -4.71. The van der Waals surface area contributed by atoms with E-state index in [2.05, 4.69) is 9.68 Å². The van der Waals surface area contributed by atoms with Gasteiger partial charge in [-0.05, 0) is 18.4 Å². The minimum absolute atomic E-state index is 0.123. The molecule has 0 aromatic carbocycles. The number of hydroxylamine groups is 2. The van der Waals surface area contributed by atoms with E-state index in [1.807, 2.05) is 13.8 Å². The number of alkyl halides is 3. The molecular formula is C8H12F3NO2. The van der Waals surface area contributed by atoms with Crippen LogP contribution in [0.15, 0.2) is 11.8 Å². The molecule has 14 heavy (non-hydrogen) atoms. The van der Waals surface area contributed by atoms with Crippen molar-refractivity contribution >= 4 is 0 Å². The molecule has 6 heteroatoms. The number of allylic oxidation sites excluding steroid dienone is 1. The number of hydrogen-bond donors (Lipinski definition) is 0. The molecule has 0 atom stereocenters. The van der Waals surface area contributed by atoms with E-state index < -0.39 is 6.36 Å². The van der Waals surface area contributed by atoms with E-state index >= 15 is 0 Å². The van der Waals surface area contributed by atoms with Crippen LogP contribution >= 0.6 is 0 Å². The highest BCUT2D eigenvalue weighted by atomic mass is 19.4. The minimum Gasteiger partial charge on any atom is -0.244 e. The van der Waals surface area contributed by atoms with Gasteiger partial charge in [0.25, 0.3) is 0 Å². The second-order valence-corrected chi connectivity index (χ2v) is 3.38. The molecule has 0 saturated carbocycles. The average molecular weight is 211 g/mol. The molecule has 1 rings (SSSR count). The lowest BCUT2D eigenvalue weighted by Crippen LogP contribution is -2.28. The Kier molecular flexibility index (Phi) is 3.38. The van der Waals surface area contributed by atoms with Crippen LogP contribution in [0.1, 0.15) is 20.3 Å². The van der Waals surface area contributed by atoms with Gasteiger partial charge in [-0.3, -0.25) is 0 Å². The normalized spacial score (nSPS) is 17.9. The highest BCUT2D eigenvalue weighted by Crippen LogP contribution is 2.27. The van der Waals surface area contributed by atoms with E-state index in [0.29, 0.717) is 17.3 Å². The summed E-state index contributed by atoms with van der Waals surface area (Å²) in [7, 11) is 0. The Morgan fingerprint density at radius 2 is 2.21 bits per heavy atom. The predicted octanol–water partition coefficient (Wildman–Crippen LogP) is 2.62. The highest BCUT2D eigenvalue weighted by Gasteiger charge is 2.36. The first-order valence-corrected chi connectivity index (χ1v) is 4.26. The molecule has 0 saturated heterocycles. The zero-order valence-electron chi connectivity index (χ0n) is 7.97. The molecule has 0 aliphatic carbocycles. The Labute approximate surface area is 80.0 Å². The van der Waals surface area contributed by atoms with Gasteiger partial charge in [-0.15, -0.1) is 23.2 Å². The molecule has 1 heterocycles. The van der Waals surface area contributed by atoms with Crippen molar-refractivity contribution in [1.29, 1.82) is 0 Å². The summed E-state index contributed by atoms with van der Waals surface area (Å²) in [5.74, 6) is 0.252. The molecule has 0 unspecified atom stereocenters. The van der Waals surface area contributed by atoms with Crippen LogP contribution in [0.4, 0.5) is 13.2 Å². The molecule has 1 aliphatic rings. The summed E-state index contributed by atoms with van der Waals surface area (Å²) in [5, 5.41) is 0.444. The van der Waals surface area contributed by atoms with Gasteiger partial charge in [0.15, 0.2) is 0 Å². The zero-order valence-corrected chi connectivity index (χ0v) is 7.97. The highest BCUT2D eigenvalue weighted by molar-refractivity contribution is 5.01. The topological polar surface area (TPSA) is 21.7 Å². The summed E-state index contributed by atoms with van der Waals surface area (Å²) >= 11 is 0. The van der Waals surface area contributed by atoms with Crippen LogP contribution in [-0.4, -0.2) is 18.2 Å². The quantitative estimate of drug-likeness (QED) is 0.716. The predicted molar refractivity (Wildman–Crippen MR) is 42.5 cm³/mol. The van der Waals surface area contributed by atoms with E-state index in [4.69, 9.17) is 0 Å². The fourth-order valence-corrected chi connectivity index (χ4v) is 1.11. The Hall–Kier alpha value is -0.750.